The molecule has 0 aliphatic carbocycles. The predicted octanol–water partition coefficient (Wildman–Crippen LogP) is 2.90. The molecule has 14 heteroatoms. The van der Waals surface area contributed by atoms with Gasteiger partial charge >= 0.3 is 6.09 Å². The molecule has 4 atom stereocenters. The van der Waals surface area contributed by atoms with E-state index in [1.165, 1.54) is 9.80 Å². The number of hydrogen-bond donors (Lipinski definition) is 4. The number of fused-ring (bicyclic) bond motifs is 1. The highest BCUT2D eigenvalue weighted by Crippen LogP contribution is 2.22. The Hall–Kier alpha value is -4.49. The first-order valence-electron chi connectivity index (χ1n) is 18.2. The molecule has 2 saturated heterocycles. The first kappa shape index (κ1) is 40.9. The molecule has 0 radical (unpaired) electrons. The zero-order valence-electron chi connectivity index (χ0n) is 30.8. The van der Waals surface area contributed by atoms with Gasteiger partial charge in [0.25, 0.3) is 5.91 Å². The smallest absolute Gasteiger partial charge is 0.408 e. The lowest BCUT2D eigenvalue weighted by molar-refractivity contribution is -0.143. The number of hydrogen-bond acceptors (Lipinski definition) is 8. The molecule has 1 aromatic carbocycles. The van der Waals surface area contributed by atoms with Crippen molar-refractivity contribution in [3.05, 3.63) is 35.9 Å². The number of alkyl carbamates (subject to hydrolysis) is 1. The number of rotatable bonds is 8. The van der Waals surface area contributed by atoms with Crippen molar-refractivity contribution in [2.75, 3.05) is 27.2 Å². The molecule has 0 saturated carbocycles. The second-order valence-electron chi connectivity index (χ2n) is 14.5. The minimum Gasteiger partial charge on any atom is -0.444 e. The van der Waals surface area contributed by atoms with Crippen LogP contribution < -0.4 is 21.3 Å². The third-order valence-corrected chi connectivity index (χ3v) is 8.96. The zero-order chi connectivity index (χ0) is 37.6. The monoisotopic (exact) mass is 712 g/mol. The quantitative estimate of drug-likeness (QED) is 0.297. The lowest BCUT2D eigenvalue weighted by Gasteiger charge is -2.30. The van der Waals surface area contributed by atoms with E-state index in [2.05, 4.69) is 21.3 Å². The highest BCUT2D eigenvalue weighted by molar-refractivity contribution is 6.38. The zero-order valence-corrected chi connectivity index (χ0v) is 30.8. The first-order chi connectivity index (χ1) is 24.2. The molecule has 2 heterocycles. The summed E-state index contributed by atoms with van der Waals surface area (Å²) in [5.74, 6) is -3.94. The van der Waals surface area contributed by atoms with Crippen LogP contribution in [0.3, 0.4) is 0 Å². The number of carbonyl (C=O) groups excluding carboxylic acids is 7. The molecule has 0 aromatic heterocycles. The molecule has 0 bridgehead atoms. The Morgan fingerprint density at radius 1 is 0.882 bits per heavy atom. The van der Waals surface area contributed by atoms with Gasteiger partial charge in [-0.05, 0) is 52.0 Å². The molecule has 51 heavy (non-hydrogen) atoms. The number of Topliss-reactive ketones (excluding diaryl/α,β-unsaturated/α-hetero) is 1. The molecule has 14 nitrogen and oxygen atoms in total. The molecule has 1 aromatic rings. The molecule has 0 unspecified atom stereocenters. The van der Waals surface area contributed by atoms with Gasteiger partial charge in [0.2, 0.25) is 29.4 Å². The van der Waals surface area contributed by atoms with Crippen LogP contribution in [-0.4, -0.2) is 102 Å². The van der Waals surface area contributed by atoms with Crippen molar-refractivity contribution < 1.29 is 38.3 Å². The number of likely N-dealkylation sites (N-methyl/N-ethyl adjacent to an activating group) is 1. The molecule has 6 amide bonds. The van der Waals surface area contributed by atoms with Crippen LogP contribution in [0.4, 0.5) is 4.79 Å². The van der Waals surface area contributed by atoms with Gasteiger partial charge in [-0.3, -0.25) is 28.8 Å². The first-order valence-corrected chi connectivity index (χ1v) is 18.2. The molecule has 0 spiro atoms. The number of amides is 6. The van der Waals surface area contributed by atoms with Crippen molar-refractivity contribution in [1.82, 2.24) is 31.1 Å². The molecule has 2 aliphatic heterocycles. The Bertz CT molecular complexity index is 1380. The molecule has 4 N–H and O–H groups in total. The second kappa shape index (κ2) is 19.8. The molecule has 3 rings (SSSR count). The lowest BCUT2D eigenvalue weighted by Crippen LogP contribution is -2.56. The number of ether oxygens (including phenoxy) is 1. The molecule has 282 valence electrons. The second-order valence-corrected chi connectivity index (χ2v) is 14.5. The van der Waals surface area contributed by atoms with Crippen LogP contribution in [0.5, 0.6) is 0 Å². The summed E-state index contributed by atoms with van der Waals surface area (Å²) in [7, 11) is 3.13. The van der Waals surface area contributed by atoms with Crippen molar-refractivity contribution in [2.45, 2.75) is 128 Å². The Kier molecular flexibility index (Phi) is 15.9. The topological polar surface area (TPSA) is 183 Å². The maximum Gasteiger partial charge on any atom is 0.408 e. The largest absolute Gasteiger partial charge is 0.444 e. The van der Waals surface area contributed by atoms with Gasteiger partial charge < -0.3 is 35.8 Å². The summed E-state index contributed by atoms with van der Waals surface area (Å²) in [5, 5.41) is 10.4. The molecule has 2 fully saturated rings. The molecular formula is C37H56N6O8. The van der Waals surface area contributed by atoms with E-state index < -0.39 is 71.8 Å². The van der Waals surface area contributed by atoms with Crippen molar-refractivity contribution >= 4 is 41.4 Å². The van der Waals surface area contributed by atoms with Gasteiger partial charge in [0, 0.05) is 20.6 Å². The van der Waals surface area contributed by atoms with E-state index in [0.717, 1.165) is 44.9 Å². The van der Waals surface area contributed by atoms with Gasteiger partial charge in [0.05, 0.1) is 12.6 Å². The van der Waals surface area contributed by atoms with Gasteiger partial charge in [0.1, 0.15) is 23.7 Å². The molecular weight excluding hydrogens is 656 g/mol. The Morgan fingerprint density at radius 3 is 2.10 bits per heavy atom. The number of nitrogens with zero attached hydrogens (tertiary/aromatic N) is 2. The van der Waals surface area contributed by atoms with Crippen LogP contribution in [-0.2, 0) is 33.5 Å². The van der Waals surface area contributed by atoms with Gasteiger partial charge in [-0.2, -0.15) is 0 Å². The van der Waals surface area contributed by atoms with E-state index in [9.17, 15) is 33.6 Å². The van der Waals surface area contributed by atoms with E-state index in [-0.39, 0.29) is 12.3 Å². The van der Waals surface area contributed by atoms with E-state index in [1.807, 2.05) is 0 Å². The number of nitrogens with one attached hydrogen (secondary N) is 4. The lowest BCUT2D eigenvalue weighted by atomic mass is 10.0. The summed E-state index contributed by atoms with van der Waals surface area (Å²) < 4.78 is 5.41. The van der Waals surface area contributed by atoms with Gasteiger partial charge in [0.15, 0.2) is 0 Å². The summed E-state index contributed by atoms with van der Waals surface area (Å²) in [6, 6.07) is 4.73. The highest BCUT2D eigenvalue weighted by atomic mass is 16.6. The van der Waals surface area contributed by atoms with Crippen LogP contribution in [0.1, 0.15) is 109 Å². The Balaban J connectivity index is 1.71. The summed E-state index contributed by atoms with van der Waals surface area (Å²) in [6.07, 6.45) is 7.70. The Morgan fingerprint density at radius 2 is 1.49 bits per heavy atom. The maximum atomic E-state index is 13.8. The fourth-order valence-electron chi connectivity index (χ4n) is 6.31. The van der Waals surface area contributed by atoms with E-state index in [1.54, 1.807) is 65.2 Å². The minimum atomic E-state index is -1.17. The fourth-order valence-corrected chi connectivity index (χ4v) is 6.31. The van der Waals surface area contributed by atoms with E-state index in [4.69, 9.17) is 4.74 Å². The number of ketones is 1. The summed E-state index contributed by atoms with van der Waals surface area (Å²) >= 11 is 0. The van der Waals surface area contributed by atoms with Crippen molar-refractivity contribution in [1.29, 1.82) is 0 Å². The third-order valence-electron chi connectivity index (χ3n) is 8.96. The highest BCUT2D eigenvalue weighted by Gasteiger charge is 2.39. The average molecular weight is 713 g/mol. The van der Waals surface area contributed by atoms with E-state index >= 15 is 0 Å². The average Bonchev–Trinajstić information content (AvgIpc) is 3.58. The van der Waals surface area contributed by atoms with Crippen molar-refractivity contribution in [3.8, 4) is 0 Å². The maximum absolute atomic E-state index is 13.8. The van der Waals surface area contributed by atoms with E-state index in [0.29, 0.717) is 37.8 Å². The standard InChI is InChI=1S/C37H56N6O8/c1-37(2,3)51-36(50)40-27-21-16-11-9-7-6-8-10-15-20-26(39-32(46)28-22-17-23-43(28)34(27)48)31(45)33(47)38-24-29(44)41-30(35(49)42(4)5)25-18-13-12-14-19-25/h12-14,18-19,26-28,30H,6-11,15-17,20-24H2,1-5H3,(H,38,47)(H,39,46)(H,40,50)(H,41,44)/t26-,27-,28-,30-/m0/s1. The fraction of sp³-hybridized carbons (Fsp3) is 0.649. The van der Waals surface area contributed by atoms with Crippen LogP contribution in [0, 0.1) is 0 Å². The molecule has 2 aliphatic rings. The minimum absolute atomic E-state index is 0.209. The SMILES string of the molecule is CN(C)C(=O)[C@@H](NC(=O)CNC(=O)C(=O)[C@@H]1CCCCCCCCCC[C@H](NC(=O)OC(C)(C)C)C(=O)N2CCC[C@H]2C(=O)N1)c1ccccc1. The summed E-state index contributed by atoms with van der Waals surface area (Å²) in [4.78, 5) is 95.2. The van der Waals surface area contributed by atoms with Gasteiger partial charge in [-0.25, -0.2) is 4.79 Å². The van der Waals surface area contributed by atoms with Crippen LogP contribution in [0.2, 0.25) is 0 Å². The third kappa shape index (κ3) is 13.3. The predicted molar refractivity (Wildman–Crippen MR) is 190 cm³/mol. The number of carbonyl (C=O) groups is 7. The van der Waals surface area contributed by atoms with Crippen LogP contribution >= 0.6 is 0 Å². The van der Waals surface area contributed by atoms with Crippen molar-refractivity contribution in [3.63, 3.8) is 0 Å². The van der Waals surface area contributed by atoms with Gasteiger partial charge in [-0.15, -0.1) is 0 Å². The van der Waals surface area contributed by atoms with Crippen molar-refractivity contribution in [2.24, 2.45) is 0 Å². The van der Waals surface area contributed by atoms with Gasteiger partial charge in [-0.1, -0.05) is 81.7 Å². The van der Waals surface area contributed by atoms with Crippen LogP contribution in [0.15, 0.2) is 30.3 Å². The summed E-state index contributed by atoms with van der Waals surface area (Å²) in [6.45, 7) is 4.95. The Labute approximate surface area is 301 Å². The van der Waals surface area contributed by atoms with Crippen LogP contribution in [0.25, 0.3) is 0 Å². The normalized spacial score (nSPS) is 21.6. The summed E-state index contributed by atoms with van der Waals surface area (Å²) in [5.41, 5.74) is -0.199. The number of benzene rings is 1.